The van der Waals surface area contributed by atoms with Crippen molar-refractivity contribution in [3.63, 3.8) is 0 Å². The number of carbonyl (C=O) groups is 1. The van der Waals surface area contributed by atoms with E-state index in [1.165, 1.54) is 5.56 Å². The van der Waals surface area contributed by atoms with Crippen molar-refractivity contribution in [3.05, 3.63) is 29.8 Å². The third-order valence-electron chi connectivity index (χ3n) is 4.49. The number of rotatable bonds is 6. The van der Waals surface area contributed by atoms with Crippen molar-refractivity contribution in [1.29, 1.82) is 0 Å². The van der Waals surface area contributed by atoms with Crippen LogP contribution in [0.15, 0.2) is 24.3 Å². The first-order valence-corrected chi connectivity index (χ1v) is 9.19. The summed E-state index contributed by atoms with van der Waals surface area (Å²) < 4.78 is 0. The Morgan fingerprint density at radius 3 is 2.62 bits per heavy atom. The van der Waals surface area contributed by atoms with Crippen LogP contribution in [0.1, 0.15) is 52.5 Å². The van der Waals surface area contributed by atoms with Gasteiger partial charge in [0.1, 0.15) is 0 Å². The molecule has 1 aliphatic rings. The molecule has 1 atom stereocenters. The van der Waals surface area contributed by atoms with Crippen molar-refractivity contribution in [2.24, 2.45) is 0 Å². The summed E-state index contributed by atoms with van der Waals surface area (Å²) in [7, 11) is 0. The largest absolute Gasteiger partial charge is 0.358 e. The Bertz CT molecular complexity index is 583. The van der Waals surface area contributed by atoms with E-state index in [0.717, 1.165) is 36.6 Å². The number of anilines is 1. The van der Waals surface area contributed by atoms with Gasteiger partial charge in [0.05, 0.1) is 0 Å². The molecule has 1 aromatic carbocycles. The number of carbonyl (C=O) groups excluding carboxylic acids is 1. The zero-order chi connectivity index (χ0) is 17.7. The molecule has 0 aromatic heterocycles. The number of benzene rings is 1. The average Bonchev–Trinajstić information content (AvgIpc) is 2.49. The molecule has 4 nitrogen and oxygen atoms in total. The highest BCUT2D eigenvalue weighted by atomic mass is 32.1. The third-order valence-corrected chi connectivity index (χ3v) is 4.83. The van der Waals surface area contributed by atoms with Crippen LogP contribution in [0, 0.1) is 0 Å². The number of thiocarbonyl (C=S) groups is 1. The van der Waals surface area contributed by atoms with Gasteiger partial charge in [-0.05, 0) is 69.9 Å². The topological polar surface area (TPSA) is 44.4 Å². The van der Waals surface area contributed by atoms with E-state index < -0.39 is 0 Å². The minimum Gasteiger partial charge on any atom is -0.358 e. The zero-order valence-corrected chi connectivity index (χ0v) is 16.0. The van der Waals surface area contributed by atoms with E-state index in [2.05, 4.69) is 55.4 Å². The van der Waals surface area contributed by atoms with Gasteiger partial charge in [0.15, 0.2) is 5.11 Å². The average molecular weight is 348 g/mol. The van der Waals surface area contributed by atoms with E-state index in [0.29, 0.717) is 12.5 Å². The van der Waals surface area contributed by atoms with Crippen LogP contribution in [0.2, 0.25) is 0 Å². The molecule has 132 valence electrons. The molecule has 24 heavy (non-hydrogen) atoms. The Kier molecular flexibility index (Phi) is 6.21. The van der Waals surface area contributed by atoms with Crippen LogP contribution >= 0.6 is 12.2 Å². The summed E-state index contributed by atoms with van der Waals surface area (Å²) >= 11 is 5.48. The van der Waals surface area contributed by atoms with Crippen LogP contribution in [0.3, 0.4) is 0 Å². The Morgan fingerprint density at radius 1 is 1.38 bits per heavy atom. The van der Waals surface area contributed by atoms with Gasteiger partial charge < -0.3 is 15.5 Å². The molecule has 0 aliphatic carbocycles. The highest BCUT2D eigenvalue weighted by molar-refractivity contribution is 7.80. The predicted octanol–water partition coefficient (Wildman–Crippen LogP) is 3.72. The molecule has 0 radical (unpaired) electrons. The highest BCUT2D eigenvalue weighted by Gasteiger charge is 2.32. The summed E-state index contributed by atoms with van der Waals surface area (Å²) in [5, 5.41) is 7.14. The van der Waals surface area contributed by atoms with E-state index in [1.807, 2.05) is 12.1 Å². The summed E-state index contributed by atoms with van der Waals surface area (Å²) in [4.78, 5) is 14.3. The molecule has 2 rings (SSSR count). The van der Waals surface area contributed by atoms with Gasteiger partial charge in [0, 0.05) is 30.2 Å². The van der Waals surface area contributed by atoms with Crippen molar-refractivity contribution in [3.8, 4) is 0 Å². The van der Waals surface area contributed by atoms with Crippen LogP contribution < -0.4 is 10.6 Å². The van der Waals surface area contributed by atoms with Gasteiger partial charge >= 0.3 is 0 Å². The standard InChI is InChI=1S/C19H29N3OS/c1-5-15-8-10-16(11-9-15)20-17(23)7-6-12-22-14(2)13-19(3,4)21-18(22)24/h8-11,14H,5-7,12-13H2,1-4H3,(H,20,23)(H,21,24)/t14-/m0/s1. The first-order chi connectivity index (χ1) is 11.3. The van der Waals surface area contributed by atoms with Crippen LogP contribution in [-0.2, 0) is 11.2 Å². The quantitative estimate of drug-likeness (QED) is 0.770. The normalized spacial score (nSPS) is 19.8. The zero-order valence-electron chi connectivity index (χ0n) is 15.2. The van der Waals surface area contributed by atoms with Gasteiger partial charge in [-0.2, -0.15) is 0 Å². The summed E-state index contributed by atoms with van der Waals surface area (Å²) in [5.74, 6) is 0.0584. The van der Waals surface area contributed by atoms with Crippen molar-refractivity contribution in [1.82, 2.24) is 10.2 Å². The van der Waals surface area contributed by atoms with Gasteiger partial charge in [-0.25, -0.2) is 0 Å². The predicted molar refractivity (Wildman–Crippen MR) is 104 cm³/mol. The first-order valence-electron chi connectivity index (χ1n) is 8.78. The van der Waals surface area contributed by atoms with E-state index in [-0.39, 0.29) is 11.4 Å². The van der Waals surface area contributed by atoms with E-state index in [1.54, 1.807) is 0 Å². The van der Waals surface area contributed by atoms with E-state index in [4.69, 9.17) is 12.2 Å². The van der Waals surface area contributed by atoms with Crippen molar-refractivity contribution in [2.45, 2.75) is 65.0 Å². The number of amides is 1. The Hall–Kier alpha value is -1.62. The van der Waals surface area contributed by atoms with Gasteiger partial charge in [0.25, 0.3) is 0 Å². The maximum absolute atomic E-state index is 12.1. The molecule has 0 spiro atoms. The molecule has 1 amide bonds. The number of aryl methyl sites for hydroxylation is 1. The van der Waals surface area contributed by atoms with Gasteiger partial charge in [0.2, 0.25) is 5.91 Å². The fourth-order valence-electron chi connectivity index (χ4n) is 3.24. The van der Waals surface area contributed by atoms with Gasteiger partial charge in [-0.1, -0.05) is 19.1 Å². The number of nitrogens with one attached hydrogen (secondary N) is 2. The number of nitrogens with zero attached hydrogens (tertiary/aromatic N) is 1. The van der Waals surface area contributed by atoms with Crippen molar-refractivity contribution < 1.29 is 4.79 Å². The van der Waals surface area contributed by atoms with E-state index >= 15 is 0 Å². The second-order valence-corrected chi connectivity index (χ2v) is 7.65. The van der Waals surface area contributed by atoms with Crippen molar-refractivity contribution in [2.75, 3.05) is 11.9 Å². The summed E-state index contributed by atoms with van der Waals surface area (Å²) in [6, 6.07) is 8.43. The third kappa shape index (κ3) is 5.20. The minimum atomic E-state index is 0.0506. The fourth-order valence-corrected chi connectivity index (χ4v) is 3.79. The molecule has 0 unspecified atom stereocenters. The molecular formula is C19H29N3OS. The first kappa shape index (κ1) is 18.7. The van der Waals surface area contributed by atoms with Crippen LogP contribution in [0.25, 0.3) is 0 Å². The summed E-state index contributed by atoms with van der Waals surface area (Å²) in [5.41, 5.74) is 2.19. The molecule has 1 fully saturated rings. The fraction of sp³-hybridized carbons (Fsp3) is 0.579. The summed E-state index contributed by atoms with van der Waals surface area (Å²) in [6.07, 6.45) is 3.35. The summed E-state index contributed by atoms with van der Waals surface area (Å²) in [6.45, 7) is 9.47. The number of hydrogen-bond donors (Lipinski definition) is 2. The monoisotopic (exact) mass is 347 g/mol. The Morgan fingerprint density at radius 2 is 2.04 bits per heavy atom. The highest BCUT2D eigenvalue weighted by Crippen LogP contribution is 2.22. The molecule has 1 aliphatic heterocycles. The molecular weight excluding hydrogens is 318 g/mol. The SMILES string of the molecule is CCc1ccc(NC(=O)CCCN2C(=S)NC(C)(C)C[C@@H]2C)cc1. The molecule has 0 saturated carbocycles. The van der Waals surface area contributed by atoms with Crippen LogP contribution in [0.5, 0.6) is 0 Å². The number of hydrogen-bond acceptors (Lipinski definition) is 2. The van der Waals surface area contributed by atoms with E-state index in [9.17, 15) is 4.79 Å². The van der Waals surface area contributed by atoms with Gasteiger partial charge in [-0.15, -0.1) is 0 Å². The maximum Gasteiger partial charge on any atom is 0.224 e. The van der Waals surface area contributed by atoms with Crippen LogP contribution in [-0.4, -0.2) is 34.0 Å². The lowest BCUT2D eigenvalue weighted by molar-refractivity contribution is -0.116. The second kappa shape index (κ2) is 7.97. The molecule has 1 saturated heterocycles. The lowest BCUT2D eigenvalue weighted by atomic mass is 9.93. The molecule has 1 heterocycles. The maximum atomic E-state index is 12.1. The molecule has 0 bridgehead atoms. The minimum absolute atomic E-state index is 0.0506. The molecule has 2 N–H and O–H groups in total. The molecule has 1 aromatic rings. The lowest BCUT2D eigenvalue weighted by Crippen LogP contribution is -2.60. The Labute approximate surface area is 151 Å². The van der Waals surface area contributed by atoms with Crippen molar-refractivity contribution >= 4 is 28.9 Å². The Balaban J connectivity index is 1.77. The lowest BCUT2D eigenvalue weighted by Gasteiger charge is -2.44. The second-order valence-electron chi connectivity index (χ2n) is 7.26. The smallest absolute Gasteiger partial charge is 0.224 e. The molecule has 5 heteroatoms. The van der Waals surface area contributed by atoms with Crippen LogP contribution in [0.4, 0.5) is 5.69 Å². The van der Waals surface area contributed by atoms with Gasteiger partial charge in [-0.3, -0.25) is 4.79 Å².